The van der Waals surface area contributed by atoms with E-state index >= 15 is 0 Å². The van der Waals surface area contributed by atoms with E-state index in [0.717, 1.165) is 28.0 Å². The first kappa shape index (κ1) is 28.2. The quantitative estimate of drug-likeness (QED) is 0.110. The van der Waals surface area contributed by atoms with Crippen molar-refractivity contribution in [1.29, 1.82) is 0 Å². The normalized spacial score (nSPS) is 11.4. The summed E-state index contributed by atoms with van der Waals surface area (Å²) in [6.45, 7) is 6.25. The van der Waals surface area contributed by atoms with Crippen LogP contribution in [0.4, 0.5) is 5.69 Å². The van der Waals surface area contributed by atoms with Crippen LogP contribution in [-0.4, -0.2) is 27.9 Å². The average molecular weight is 563 g/mol. The molecule has 0 saturated heterocycles. The molecule has 0 aliphatic carbocycles. The monoisotopic (exact) mass is 562 g/mol. The van der Waals surface area contributed by atoms with Crippen molar-refractivity contribution in [2.24, 2.45) is 5.10 Å². The molecule has 212 valence electrons. The minimum absolute atomic E-state index is 0.140. The lowest BCUT2D eigenvalue weighted by molar-refractivity contribution is -0.385. The summed E-state index contributed by atoms with van der Waals surface area (Å²) in [4.78, 5) is 29.9. The summed E-state index contributed by atoms with van der Waals surface area (Å²) in [6.07, 6.45) is 1.41. The molecule has 0 aliphatic heterocycles. The Kier molecular flexibility index (Phi) is 8.10. The van der Waals surface area contributed by atoms with Crippen molar-refractivity contribution in [2.75, 3.05) is 7.11 Å². The fourth-order valence-electron chi connectivity index (χ4n) is 4.71. The van der Waals surface area contributed by atoms with Gasteiger partial charge in [-0.05, 0) is 65.9 Å². The second-order valence-corrected chi connectivity index (χ2v) is 10.1. The highest BCUT2D eigenvalue weighted by molar-refractivity contribution is 5.83. The molecule has 1 aromatic heterocycles. The van der Waals surface area contributed by atoms with Crippen molar-refractivity contribution in [2.45, 2.75) is 33.3 Å². The van der Waals surface area contributed by atoms with Gasteiger partial charge in [0.1, 0.15) is 12.4 Å². The first-order chi connectivity index (χ1) is 20.3. The molecule has 0 aliphatic rings. The van der Waals surface area contributed by atoms with Crippen LogP contribution >= 0.6 is 0 Å². The first-order valence-corrected chi connectivity index (χ1v) is 13.5. The lowest BCUT2D eigenvalue weighted by atomic mass is 9.96. The van der Waals surface area contributed by atoms with Gasteiger partial charge >= 0.3 is 5.69 Å². The van der Waals surface area contributed by atoms with Crippen LogP contribution in [0.15, 0.2) is 94.8 Å². The minimum Gasteiger partial charge on any atom is -0.496 e. The fourth-order valence-corrected chi connectivity index (χ4v) is 4.71. The Labute approximate surface area is 242 Å². The van der Waals surface area contributed by atoms with Crippen molar-refractivity contribution in [3.8, 4) is 22.9 Å². The molecule has 42 heavy (non-hydrogen) atoms. The van der Waals surface area contributed by atoms with Gasteiger partial charge in [0, 0.05) is 17.2 Å². The first-order valence-electron chi connectivity index (χ1n) is 13.5. The molecule has 0 unspecified atom stereocenters. The number of nitro groups is 1. The molecule has 0 bridgehead atoms. The standard InChI is InChI=1S/C33H30N4O5/c1-21(2)26-18-27(22(3)16-31(26)41-4)32-35-28-13-9-8-12-25(28)33(38)36(32)34-19-24-14-15-30(29(17-24)37(39)40)42-20-23-10-6-5-7-11-23/h5-19,21H,20H2,1-4H3. The molecule has 0 amide bonds. The third-order valence-electron chi connectivity index (χ3n) is 6.93. The number of rotatable bonds is 9. The number of benzene rings is 4. The minimum atomic E-state index is -0.499. The van der Waals surface area contributed by atoms with Gasteiger partial charge in [-0.3, -0.25) is 14.9 Å². The largest absolute Gasteiger partial charge is 0.496 e. The molecule has 9 nitrogen and oxygen atoms in total. The Bertz CT molecular complexity index is 1860. The van der Waals surface area contributed by atoms with Gasteiger partial charge in [0.15, 0.2) is 11.6 Å². The van der Waals surface area contributed by atoms with Crippen LogP contribution in [0, 0.1) is 17.0 Å². The number of ether oxygens (including phenoxy) is 2. The topological polar surface area (TPSA) is 109 Å². The maximum absolute atomic E-state index is 13.7. The van der Waals surface area contributed by atoms with E-state index in [-0.39, 0.29) is 29.5 Å². The zero-order chi connectivity index (χ0) is 29.8. The zero-order valence-electron chi connectivity index (χ0n) is 23.8. The van der Waals surface area contributed by atoms with Crippen LogP contribution < -0.4 is 15.0 Å². The molecule has 0 atom stereocenters. The number of nitro benzene ring substituents is 1. The van der Waals surface area contributed by atoms with Gasteiger partial charge in [0.05, 0.1) is 29.2 Å². The van der Waals surface area contributed by atoms with Gasteiger partial charge in [-0.25, -0.2) is 4.98 Å². The molecule has 5 aromatic rings. The Morgan fingerprint density at radius 3 is 2.45 bits per heavy atom. The molecule has 0 radical (unpaired) electrons. The number of para-hydroxylation sites is 1. The van der Waals surface area contributed by atoms with Gasteiger partial charge in [-0.2, -0.15) is 9.78 Å². The van der Waals surface area contributed by atoms with Crippen LogP contribution in [0.25, 0.3) is 22.3 Å². The number of nitrogens with zero attached hydrogens (tertiary/aromatic N) is 4. The van der Waals surface area contributed by atoms with E-state index in [4.69, 9.17) is 14.5 Å². The molecule has 1 heterocycles. The second-order valence-electron chi connectivity index (χ2n) is 10.1. The molecular weight excluding hydrogens is 532 g/mol. The van der Waals surface area contributed by atoms with Crippen molar-refractivity contribution in [3.05, 3.63) is 128 Å². The number of methoxy groups -OCH3 is 1. The molecule has 4 aromatic carbocycles. The highest BCUT2D eigenvalue weighted by Gasteiger charge is 2.19. The molecule has 0 spiro atoms. The lowest BCUT2D eigenvalue weighted by Gasteiger charge is -2.17. The van der Waals surface area contributed by atoms with Gasteiger partial charge in [0.25, 0.3) is 5.56 Å². The summed E-state index contributed by atoms with van der Waals surface area (Å²) in [6, 6.07) is 25.0. The predicted molar refractivity (Wildman–Crippen MR) is 164 cm³/mol. The van der Waals surface area contributed by atoms with Crippen LogP contribution in [0.2, 0.25) is 0 Å². The summed E-state index contributed by atoms with van der Waals surface area (Å²) >= 11 is 0. The SMILES string of the molecule is COc1cc(C)c(-c2nc3ccccc3c(=O)n2N=Cc2ccc(OCc3ccccc3)c([N+](=O)[O-])c2)cc1C(C)C. The number of hydrogen-bond acceptors (Lipinski definition) is 7. The smallest absolute Gasteiger partial charge is 0.311 e. The van der Waals surface area contributed by atoms with E-state index in [1.54, 1.807) is 31.4 Å². The number of aryl methyl sites for hydroxylation is 1. The van der Waals surface area contributed by atoms with Crippen LogP contribution in [0.1, 0.15) is 42.0 Å². The Morgan fingerprint density at radius 1 is 1.00 bits per heavy atom. The summed E-state index contributed by atoms with van der Waals surface area (Å²) in [7, 11) is 1.63. The Balaban J connectivity index is 1.59. The summed E-state index contributed by atoms with van der Waals surface area (Å²) in [5, 5.41) is 16.8. The summed E-state index contributed by atoms with van der Waals surface area (Å²) < 4.78 is 12.6. The van der Waals surface area contributed by atoms with E-state index in [2.05, 4.69) is 18.9 Å². The Hall–Kier alpha value is -5.31. The van der Waals surface area contributed by atoms with Crippen molar-refractivity contribution >= 4 is 22.8 Å². The molecule has 5 rings (SSSR count). The van der Waals surface area contributed by atoms with E-state index in [1.165, 1.54) is 23.0 Å². The van der Waals surface area contributed by atoms with Crippen molar-refractivity contribution < 1.29 is 14.4 Å². The summed E-state index contributed by atoms with van der Waals surface area (Å²) in [5.41, 5.74) is 3.86. The van der Waals surface area contributed by atoms with Crippen LogP contribution in [-0.2, 0) is 6.61 Å². The third kappa shape index (κ3) is 5.76. The van der Waals surface area contributed by atoms with E-state index in [0.29, 0.717) is 22.3 Å². The van der Waals surface area contributed by atoms with Crippen molar-refractivity contribution in [1.82, 2.24) is 9.66 Å². The van der Waals surface area contributed by atoms with E-state index in [1.807, 2.05) is 55.5 Å². The third-order valence-corrected chi connectivity index (χ3v) is 6.93. The zero-order valence-corrected chi connectivity index (χ0v) is 23.8. The molecular formula is C33H30N4O5. The number of fused-ring (bicyclic) bond motifs is 1. The van der Waals surface area contributed by atoms with Crippen LogP contribution in [0.5, 0.6) is 11.5 Å². The van der Waals surface area contributed by atoms with Gasteiger partial charge < -0.3 is 9.47 Å². The second kappa shape index (κ2) is 12.1. The van der Waals surface area contributed by atoms with E-state index < -0.39 is 4.92 Å². The Morgan fingerprint density at radius 2 is 1.74 bits per heavy atom. The average Bonchev–Trinajstić information content (AvgIpc) is 2.99. The molecule has 0 N–H and O–H groups in total. The highest BCUT2D eigenvalue weighted by Crippen LogP contribution is 2.34. The maximum atomic E-state index is 13.7. The maximum Gasteiger partial charge on any atom is 0.311 e. The lowest BCUT2D eigenvalue weighted by Crippen LogP contribution is -2.20. The molecule has 9 heteroatoms. The van der Waals surface area contributed by atoms with Gasteiger partial charge in [0.2, 0.25) is 0 Å². The fraction of sp³-hybridized carbons (Fsp3) is 0.182. The summed E-state index contributed by atoms with van der Waals surface area (Å²) in [5.74, 6) is 1.41. The molecule has 0 saturated carbocycles. The van der Waals surface area contributed by atoms with E-state index in [9.17, 15) is 14.9 Å². The van der Waals surface area contributed by atoms with Gasteiger partial charge in [-0.1, -0.05) is 56.3 Å². The molecule has 0 fully saturated rings. The number of aromatic nitrogens is 2. The van der Waals surface area contributed by atoms with Crippen molar-refractivity contribution in [3.63, 3.8) is 0 Å². The van der Waals surface area contributed by atoms with Gasteiger partial charge in [-0.15, -0.1) is 0 Å². The number of hydrogen-bond donors (Lipinski definition) is 0. The predicted octanol–water partition coefficient (Wildman–Crippen LogP) is 6.87. The van der Waals surface area contributed by atoms with Crippen LogP contribution in [0.3, 0.4) is 0 Å². The highest BCUT2D eigenvalue weighted by atomic mass is 16.6.